The van der Waals surface area contributed by atoms with Gasteiger partial charge in [0.15, 0.2) is 0 Å². The summed E-state index contributed by atoms with van der Waals surface area (Å²) >= 11 is 0. The van der Waals surface area contributed by atoms with Crippen molar-refractivity contribution in [2.75, 3.05) is 65.5 Å². The fourth-order valence-electron chi connectivity index (χ4n) is 11.4. The molecule has 5 saturated heterocycles. The maximum absolute atomic E-state index is 13.3. The molecule has 11 rings (SSSR count). The van der Waals surface area contributed by atoms with Crippen molar-refractivity contribution in [1.29, 1.82) is 0 Å². The first-order chi connectivity index (χ1) is 33.9. The lowest BCUT2D eigenvalue weighted by atomic mass is 9.74. The predicted molar refractivity (Wildman–Crippen MR) is 267 cm³/mol. The molecule has 2 spiro atoms. The number of β-amino-alcohol motifs (C(OH)–C–C–N with tert-alkyl or cyclic N) is 1. The Kier molecular flexibility index (Phi) is 15.6. The van der Waals surface area contributed by atoms with Gasteiger partial charge in [-0.25, -0.2) is 17.6 Å². The first kappa shape index (κ1) is 49.3. The van der Waals surface area contributed by atoms with Gasteiger partial charge in [0.2, 0.25) is 11.8 Å². The first-order valence-electron chi connectivity index (χ1n) is 25.1. The van der Waals surface area contributed by atoms with Gasteiger partial charge in [0.25, 0.3) is 0 Å². The van der Waals surface area contributed by atoms with E-state index in [9.17, 15) is 32.3 Å². The summed E-state index contributed by atoms with van der Waals surface area (Å²) in [4.78, 5) is 30.5. The van der Waals surface area contributed by atoms with E-state index in [0.717, 1.165) is 83.4 Å². The summed E-state index contributed by atoms with van der Waals surface area (Å²) in [7, 11) is 0. The Morgan fingerprint density at radius 1 is 0.643 bits per heavy atom. The largest absolute Gasteiger partial charge is 0.392 e. The number of fused-ring (bicyclic) bond motifs is 4. The van der Waals surface area contributed by atoms with E-state index in [1.807, 2.05) is 0 Å². The summed E-state index contributed by atoms with van der Waals surface area (Å²) in [5.41, 5.74) is 6.92. The van der Waals surface area contributed by atoms with Crippen LogP contribution in [0.5, 0.6) is 0 Å². The Labute approximate surface area is 409 Å². The minimum atomic E-state index is -0.666. The van der Waals surface area contributed by atoms with E-state index >= 15 is 0 Å². The van der Waals surface area contributed by atoms with Gasteiger partial charge in [-0.3, -0.25) is 9.59 Å². The fraction of sp³-hybridized carbons (Fsp3) is 0.414. The predicted octanol–water partition coefficient (Wildman–Crippen LogP) is 9.59. The quantitative estimate of drug-likeness (QED) is 0.104. The van der Waals surface area contributed by atoms with Crippen LogP contribution < -0.4 is 5.32 Å². The Hall–Kier alpha value is -5.66. The van der Waals surface area contributed by atoms with Crippen molar-refractivity contribution >= 4 is 36.1 Å². The molecule has 5 fully saturated rings. The summed E-state index contributed by atoms with van der Waals surface area (Å²) in [6.07, 6.45) is 23.0. The number of nitrogens with one attached hydrogen (secondary N) is 1. The second-order valence-electron chi connectivity index (χ2n) is 20.0. The number of benzene rings is 4. The highest BCUT2D eigenvalue weighted by molar-refractivity contribution is 5.92. The Morgan fingerprint density at radius 2 is 1.09 bits per heavy atom. The number of carbonyl (C=O) groups is 2. The average molecular weight is 957 g/mol. The van der Waals surface area contributed by atoms with E-state index in [-0.39, 0.29) is 23.1 Å². The SMILES string of the molecule is C1=CC2(CCNCC2)c2ccccc21.O=C(/C=C/c1cc(F)cc(F)c1)N1CCC(C(O)CN2CCC3(C=Cc4ccccc43)CC2)CC1.O=C(/C=C/c1cc(F)cc(F)c1)N1CCC(C2CO2)CC1. The molecule has 5 aliphatic heterocycles. The molecular weight excluding hydrogens is 893 g/mol. The van der Waals surface area contributed by atoms with Crippen LogP contribution in [0.3, 0.4) is 0 Å². The molecule has 2 amide bonds. The number of hydrogen-bond acceptors (Lipinski definition) is 6. The second-order valence-corrected chi connectivity index (χ2v) is 20.0. The van der Waals surface area contributed by atoms with E-state index in [0.29, 0.717) is 61.3 Å². The molecule has 7 aliphatic rings. The zero-order chi connectivity index (χ0) is 48.7. The number of piperidine rings is 4. The third kappa shape index (κ3) is 12.1. The van der Waals surface area contributed by atoms with Gasteiger partial charge >= 0.3 is 0 Å². The molecule has 12 heteroatoms. The van der Waals surface area contributed by atoms with Crippen LogP contribution in [0.25, 0.3) is 24.3 Å². The van der Waals surface area contributed by atoms with Crippen LogP contribution in [0.15, 0.2) is 109 Å². The number of carbonyl (C=O) groups excluding carboxylic acids is 2. The van der Waals surface area contributed by atoms with Crippen molar-refractivity contribution < 1.29 is 37.0 Å². The number of halogens is 4. The van der Waals surface area contributed by atoms with Gasteiger partial charge in [-0.05, 0) is 159 Å². The summed E-state index contributed by atoms with van der Waals surface area (Å²) in [6.45, 7) is 8.35. The highest BCUT2D eigenvalue weighted by Crippen LogP contribution is 2.44. The molecule has 2 unspecified atom stereocenters. The van der Waals surface area contributed by atoms with Crippen molar-refractivity contribution in [2.24, 2.45) is 11.8 Å². The molecule has 368 valence electrons. The van der Waals surface area contributed by atoms with Gasteiger partial charge in [-0.1, -0.05) is 72.8 Å². The van der Waals surface area contributed by atoms with Crippen molar-refractivity contribution in [1.82, 2.24) is 20.0 Å². The van der Waals surface area contributed by atoms with Crippen LogP contribution >= 0.6 is 0 Å². The van der Waals surface area contributed by atoms with Crippen molar-refractivity contribution in [2.45, 2.75) is 74.4 Å². The van der Waals surface area contributed by atoms with Crippen LogP contribution in [0.1, 0.15) is 84.7 Å². The molecule has 5 heterocycles. The highest BCUT2D eigenvalue weighted by atomic mass is 19.1. The number of epoxide rings is 1. The van der Waals surface area contributed by atoms with Gasteiger partial charge in [-0.2, -0.15) is 0 Å². The van der Waals surface area contributed by atoms with Crippen LogP contribution in [-0.2, 0) is 25.2 Å². The molecule has 2 aliphatic carbocycles. The minimum Gasteiger partial charge on any atom is -0.392 e. The molecule has 4 aromatic carbocycles. The number of amides is 2. The van der Waals surface area contributed by atoms with E-state index in [2.05, 4.69) is 83.1 Å². The normalized spacial score (nSPS) is 21.9. The molecule has 0 bridgehead atoms. The number of aliphatic hydroxyl groups excluding tert-OH is 1. The number of nitrogens with zero attached hydrogens (tertiary/aromatic N) is 3. The fourth-order valence-corrected chi connectivity index (χ4v) is 11.4. The van der Waals surface area contributed by atoms with Crippen LogP contribution in [0.4, 0.5) is 17.6 Å². The molecule has 0 radical (unpaired) electrons. The summed E-state index contributed by atoms with van der Waals surface area (Å²) < 4.78 is 58.0. The number of rotatable bonds is 8. The Balaban J connectivity index is 0.000000146. The monoisotopic (exact) mass is 956 g/mol. The summed E-state index contributed by atoms with van der Waals surface area (Å²) in [6, 6.07) is 23.9. The van der Waals surface area contributed by atoms with Crippen LogP contribution in [-0.4, -0.2) is 109 Å². The van der Waals surface area contributed by atoms with Crippen molar-refractivity contribution in [3.63, 3.8) is 0 Å². The summed E-state index contributed by atoms with van der Waals surface area (Å²) in [5, 5.41) is 14.4. The minimum absolute atomic E-state index is 0.116. The molecule has 2 atom stereocenters. The maximum Gasteiger partial charge on any atom is 0.246 e. The maximum atomic E-state index is 13.3. The number of hydrogen-bond donors (Lipinski definition) is 2. The van der Waals surface area contributed by atoms with E-state index in [4.69, 9.17) is 4.74 Å². The first-order valence-corrected chi connectivity index (χ1v) is 25.1. The second kappa shape index (κ2) is 22.2. The third-order valence-electron chi connectivity index (χ3n) is 15.6. The van der Waals surface area contributed by atoms with Gasteiger partial charge in [0.05, 0.1) is 18.8 Å². The average Bonchev–Trinajstić information content (AvgIpc) is 4.09. The van der Waals surface area contributed by atoms with Gasteiger partial charge in [-0.15, -0.1) is 0 Å². The van der Waals surface area contributed by atoms with Crippen LogP contribution in [0.2, 0.25) is 0 Å². The highest BCUT2D eigenvalue weighted by Gasteiger charge is 2.39. The Morgan fingerprint density at radius 3 is 1.56 bits per heavy atom. The lowest BCUT2D eigenvalue weighted by molar-refractivity contribution is -0.128. The lowest BCUT2D eigenvalue weighted by Crippen LogP contribution is -2.47. The molecule has 70 heavy (non-hydrogen) atoms. The van der Waals surface area contributed by atoms with Gasteiger partial charge < -0.3 is 29.9 Å². The number of ether oxygens (including phenoxy) is 1. The van der Waals surface area contributed by atoms with E-state index < -0.39 is 29.4 Å². The summed E-state index contributed by atoms with van der Waals surface area (Å²) in [5.74, 6) is -2.18. The lowest BCUT2D eigenvalue weighted by Gasteiger charge is -2.41. The van der Waals surface area contributed by atoms with Crippen LogP contribution in [0, 0.1) is 35.1 Å². The molecular formula is C58H64F4N4O4. The van der Waals surface area contributed by atoms with Crippen molar-refractivity contribution in [3.8, 4) is 0 Å². The smallest absolute Gasteiger partial charge is 0.246 e. The van der Waals surface area contributed by atoms with Crippen molar-refractivity contribution in [3.05, 3.63) is 166 Å². The zero-order valence-electron chi connectivity index (χ0n) is 39.8. The molecule has 2 N–H and O–H groups in total. The van der Waals surface area contributed by atoms with Gasteiger partial charge in [0.1, 0.15) is 23.3 Å². The molecule has 0 saturated carbocycles. The third-order valence-corrected chi connectivity index (χ3v) is 15.6. The number of likely N-dealkylation sites (tertiary alicyclic amines) is 3. The molecule has 0 aromatic heterocycles. The zero-order valence-corrected chi connectivity index (χ0v) is 39.8. The topological polar surface area (TPSA) is 88.7 Å². The molecule has 8 nitrogen and oxygen atoms in total. The number of aliphatic hydroxyl groups is 1. The van der Waals surface area contributed by atoms with E-state index in [1.165, 1.54) is 78.1 Å². The standard InChI is InChI=1S/C29H32F2N2O2.C16H17F2NO2.C13H15N/c30-24-17-21(18-25(31)19-24)5-6-28(35)33-13-8-23(9-14-33)27(34)20-32-15-11-29(12-16-32)10-7-22-3-1-2-4-26(22)29;17-13-7-11(8-14(18)9-13)1-2-16(20)19-5-3-12(4-6-19)15-10-21-15;1-2-4-12-11(3-1)5-6-13(12)7-9-14-10-8-13/h1-7,10,17-19,23,27,34H,8-9,11-16,20H2;1-2,7-9,12,15H,3-6,10H2;1-6,14H,7-10H2/b6-5+;2-1+;. The molecule has 4 aromatic rings. The van der Waals surface area contributed by atoms with E-state index in [1.54, 1.807) is 15.4 Å². The van der Waals surface area contributed by atoms with Gasteiger partial charge in [0, 0.05) is 67.8 Å². The Bertz CT molecular complexity index is 2560. The number of allylic oxidation sites excluding steroid dienone is 2.